The average molecular weight is 268 g/mol. The molecule has 1 atom stereocenters. The third-order valence-corrected chi connectivity index (χ3v) is 4.75. The normalized spacial score (nSPS) is 28.3. The molecule has 0 aliphatic carbocycles. The fourth-order valence-corrected chi connectivity index (χ4v) is 3.27. The number of hydrogen-bond donors (Lipinski definition) is 1. The largest absolute Gasteiger partial charge is 0.315 e. The third kappa shape index (κ3) is 5.38. The Morgan fingerprint density at radius 1 is 1.05 bits per heavy atom. The van der Waals surface area contributed by atoms with Gasteiger partial charge in [0.25, 0.3) is 0 Å². The zero-order valence-electron chi connectivity index (χ0n) is 12.9. The Bertz CT molecular complexity index is 238. The van der Waals surface area contributed by atoms with Crippen LogP contribution >= 0.6 is 0 Å². The van der Waals surface area contributed by atoms with E-state index in [1.54, 1.807) is 0 Å². The lowest BCUT2D eigenvalue weighted by molar-refractivity contribution is 0.181. The van der Waals surface area contributed by atoms with Crippen molar-refractivity contribution in [1.29, 1.82) is 0 Å². The zero-order chi connectivity index (χ0) is 13.5. The van der Waals surface area contributed by atoms with Gasteiger partial charge in [-0.2, -0.15) is 0 Å². The van der Waals surface area contributed by atoms with Crippen molar-refractivity contribution in [3.05, 3.63) is 0 Å². The van der Waals surface area contributed by atoms with E-state index < -0.39 is 0 Å². The van der Waals surface area contributed by atoms with Gasteiger partial charge in [-0.25, -0.2) is 0 Å². The number of likely N-dealkylation sites (N-methyl/N-ethyl adjacent to an activating group) is 1. The Labute approximate surface area is 119 Å². The van der Waals surface area contributed by atoms with E-state index in [1.807, 2.05) is 0 Å². The highest BCUT2D eigenvalue weighted by Crippen LogP contribution is 2.14. The predicted molar refractivity (Wildman–Crippen MR) is 81.7 cm³/mol. The Balaban J connectivity index is 1.69. The lowest BCUT2D eigenvalue weighted by Crippen LogP contribution is -2.40. The van der Waals surface area contributed by atoms with Crippen LogP contribution < -0.4 is 5.32 Å². The summed E-state index contributed by atoms with van der Waals surface area (Å²) in [7, 11) is 4.58. The highest BCUT2D eigenvalue weighted by Gasteiger charge is 2.19. The van der Waals surface area contributed by atoms with Crippen LogP contribution in [-0.2, 0) is 0 Å². The van der Waals surface area contributed by atoms with E-state index in [1.165, 1.54) is 71.5 Å². The summed E-state index contributed by atoms with van der Waals surface area (Å²) in [6.45, 7) is 9.87. The Morgan fingerprint density at radius 3 is 2.84 bits per heavy atom. The number of nitrogens with one attached hydrogen (secondary N) is 1. The molecule has 2 rings (SSSR count). The van der Waals surface area contributed by atoms with Crippen LogP contribution in [0.4, 0.5) is 0 Å². The predicted octanol–water partition coefficient (Wildman–Crippen LogP) is 0.698. The van der Waals surface area contributed by atoms with Crippen LogP contribution in [-0.4, -0.2) is 87.2 Å². The third-order valence-electron chi connectivity index (χ3n) is 4.75. The molecule has 0 amide bonds. The Morgan fingerprint density at radius 2 is 1.95 bits per heavy atom. The van der Waals surface area contributed by atoms with Gasteiger partial charge in [0.1, 0.15) is 0 Å². The molecule has 2 aliphatic heterocycles. The summed E-state index contributed by atoms with van der Waals surface area (Å²) < 4.78 is 0. The number of rotatable bonds is 4. The van der Waals surface area contributed by atoms with Gasteiger partial charge in [-0.3, -0.25) is 0 Å². The lowest BCUT2D eigenvalue weighted by atomic mass is 10.1. The van der Waals surface area contributed by atoms with Crippen molar-refractivity contribution < 1.29 is 0 Å². The SMILES string of the molecule is CN1CCCC(N(C)CCN2CCCNCC2)CC1. The van der Waals surface area contributed by atoms with Crippen LogP contribution in [0.3, 0.4) is 0 Å². The van der Waals surface area contributed by atoms with Crippen LogP contribution in [0.2, 0.25) is 0 Å². The first-order chi connectivity index (χ1) is 9.25. The van der Waals surface area contributed by atoms with Gasteiger partial charge in [0.05, 0.1) is 0 Å². The molecule has 0 bridgehead atoms. The molecule has 1 unspecified atom stereocenters. The maximum atomic E-state index is 3.48. The first kappa shape index (κ1) is 15.2. The summed E-state index contributed by atoms with van der Waals surface area (Å²) in [5, 5.41) is 3.48. The summed E-state index contributed by atoms with van der Waals surface area (Å²) >= 11 is 0. The Hall–Kier alpha value is -0.160. The molecule has 2 fully saturated rings. The highest BCUT2D eigenvalue weighted by atomic mass is 15.2. The molecule has 0 aromatic rings. The van der Waals surface area contributed by atoms with E-state index >= 15 is 0 Å². The first-order valence-electron chi connectivity index (χ1n) is 8.07. The minimum atomic E-state index is 0.801. The van der Waals surface area contributed by atoms with Gasteiger partial charge in [-0.05, 0) is 66.0 Å². The van der Waals surface area contributed by atoms with Gasteiger partial charge >= 0.3 is 0 Å². The van der Waals surface area contributed by atoms with Gasteiger partial charge in [0, 0.05) is 32.2 Å². The van der Waals surface area contributed by atoms with E-state index in [2.05, 4.69) is 34.1 Å². The minimum absolute atomic E-state index is 0.801. The summed E-state index contributed by atoms with van der Waals surface area (Å²) in [5.41, 5.74) is 0. The Kier molecular flexibility index (Phi) is 6.57. The molecule has 2 heterocycles. The maximum absolute atomic E-state index is 3.48. The quantitative estimate of drug-likeness (QED) is 0.810. The molecule has 1 N–H and O–H groups in total. The first-order valence-corrected chi connectivity index (χ1v) is 8.07. The summed E-state index contributed by atoms with van der Waals surface area (Å²) in [4.78, 5) is 7.71. The summed E-state index contributed by atoms with van der Waals surface area (Å²) in [5.74, 6) is 0. The molecule has 4 nitrogen and oxygen atoms in total. The van der Waals surface area contributed by atoms with Crippen molar-refractivity contribution in [3.63, 3.8) is 0 Å². The zero-order valence-corrected chi connectivity index (χ0v) is 12.9. The van der Waals surface area contributed by atoms with Crippen LogP contribution in [0, 0.1) is 0 Å². The topological polar surface area (TPSA) is 21.8 Å². The minimum Gasteiger partial charge on any atom is -0.315 e. The molecule has 0 spiro atoms. The van der Waals surface area contributed by atoms with E-state index in [-0.39, 0.29) is 0 Å². The van der Waals surface area contributed by atoms with E-state index in [4.69, 9.17) is 0 Å². The molecular weight excluding hydrogens is 236 g/mol. The van der Waals surface area contributed by atoms with Gasteiger partial charge < -0.3 is 20.0 Å². The number of likely N-dealkylation sites (tertiary alicyclic amines) is 1. The lowest BCUT2D eigenvalue weighted by Gasteiger charge is -2.29. The monoisotopic (exact) mass is 268 g/mol. The van der Waals surface area contributed by atoms with Gasteiger partial charge in [0.2, 0.25) is 0 Å². The molecule has 0 radical (unpaired) electrons. The van der Waals surface area contributed by atoms with E-state index in [0.29, 0.717) is 0 Å². The van der Waals surface area contributed by atoms with Gasteiger partial charge in [-0.1, -0.05) is 0 Å². The molecular formula is C15H32N4. The van der Waals surface area contributed by atoms with E-state index in [0.717, 1.165) is 12.6 Å². The fraction of sp³-hybridized carbons (Fsp3) is 1.00. The fourth-order valence-electron chi connectivity index (χ4n) is 3.27. The second kappa shape index (κ2) is 8.20. The average Bonchev–Trinajstić information content (AvgIpc) is 2.78. The van der Waals surface area contributed by atoms with Crippen LogP contribution in [0.1, 0.15) is 25.7 Å². The molecule has 19 heavy (non-hydrogen) atoms. The van der Waals surface area contributed by atoms with Crippen molar-refractivity contribution in [3.8, 4) is 0 Å². The second-order valence-corrected chi connectivity index (χ2v) is 6.31. The van der Waals surface area contributed by atoms with E-state index in [9.17, 15) is 0 Å². The smallest absolute Gasteiger partial charge is 0.0110 e. The number of hydrogen-bond acceptors (Lipinski definition) is 4. The van der Waals surface area contributed by atoms with Crippen LogP contribution in [0.25, 0.3) is 0 Å². The number of nitrogens with zero attached hydrogens (tertiary/aromatic N) is 3. The molecule has 0 aromatic heterocycles. The highest BCUT2D eigenvalue weighted by molar-refractivity contribution is 4.76. The van der Waals surface area contributed by atoms with Crippen molar-refractivity contribution in [1.82, 2.24) is 20.0 Å². The second-order valence-electron chi connectivity index (χ2n) is 6.31. The van der Waals surface area contributed by atoms with Crippen molar-refractivity contribution in [2.75, 3.05) is 66.5 Å². The molecule has 2 aliphatic rings. The molecule has 0 aromatic carbocycles. The summed E-state index contributed by atoms with van der Waals surface area (Å²) in [6, 6.07) is 0.801. The van der Waals surface area contributed by atoms with Crippen LogP contribution in [0.5, 0.6) is 0 Å². The molecule has 0 saturated carbocycles. The van der Waals surface area contributed by atoms with Gasteiger partial charge in [-0.15, -0.1) is 0 Å². The van der Waals surface area contributed by atoms with Crippen LogP contribution in [0.15, 0.2) is 0 Å². The molecule has 112 valence electrons. The van der Waals surface area contributed by atoms with Gasteiger partial charge in [0.15, 0.2) is 0 Å². The maximum Gasteiger partial charge on any atom is 0.0110 e. The molecule has 4 heteroatoms. The van der Waals surface area contributed by atoms with Crippen molar-refractivity contribution in [2.24, 2.45) is 0 Å². The standard InChI is InChI=1S/C15H32N4/c1-17-9-3-5-15(6-11-17)18(2)13-14-19-10-4-7-16-8-12-19/h15-16H,3-14H2,1-2H3. The summed E-state index contributed by atoms with van der Waals surface area (Å²) in [6.07, 6.45) is 5.38. The van der Waals surface area contributed by atoms with Crippen molar-refractivity contribution in [2.45, 2.75) is 31.7 Å². The molecule has 2 saturated heterocycles. The van der Waals surface area contributed by atoms with Crippen molar-refractivity contribution >= 4 is 0 Å².